The van der Waals surface area contributed by atoms with E-state index >= 15 is 0 Å². The van der Waals surface area contributed by atoms with E-state index in [-0.39, 0.29) is 5.78 Å². The fourth-order valence-electron chi connectivity index (χ4n) is 3.34. The fraction of sp³-hybridized carbons (Fsp3) is 0.556. The van der Waals surface area contributed by atoms with Crippen molar-refractivity contribution in [2.75, 3.05) is 13.1 Å². The minimum absolute atomic E-state index is 0.189. The van der Waals surface area contributed by atoms with Gasteiger partial charge in [-0.3, -0.25) is 9.59 Å². The van der Waals surface area contributed by atoms with Gasteiger partial charge in [-0.05, 0) is 49.4 Å². The predicted molar refractivity (Wildman–Crippen MR) is 88.4 cm³/mol. The van der Waals surface area contributed by atoms with Crippen LogP contribution in [0.2, 0.25) is 0 Å². The van der Waals surface area contributed by atoms with E-state index < -0.39 is 5.91 Å². The molecule has 22 heavy (non-hydrogen) atoms. The number of primary amides is 1. The molecule has 1 amide bonds. The zero-order chi connectivity index (χ0) is 16.1. The molecule has 1 aliphatic heterocycles. The molecule has 2 rings (SSSR count). The van der Waals surface area contributed by atoms with Crippen LogP contribution in [-0.2, 0) is 0 Å². The second-order valence-electron chi connectivity index (χ2n) is 6.13. The Morgan fingerprint density at radius 2 is 2.00 bits per heavy atom. The van der Waals surface area contributed by atoms with Crippen molar-refractivity contribution in [2.24, 2.45) is 5.73 Å². The molecule has 1 atom stereocenters. The third-order valence-corrected chi connectivity index (χ3v) is 4.56. The molecule has 1 aliphatic rings. The van der Waals surface area contributed by atoms with Crippen LogP contribution in [0.5, 0.6) is 0 Å². The van der Waals surface area contributed by atoms with E-state index in [0.29, 0.717) is 17.9 Å². The van der Waals surface area contributed by atoms with Crippen LogP contribution in [0.25, 0.3) is 0 Å². The van der Waals surface area contributed by atoms with Crippen LogP contribution in [0.1, 0.15) is 76.8 Å². The van der Waals surface area contributed by atoms with Gasteiger partial charge in [-0.2, -0.15) is 0 Å². The van der Waals surface area contributed by atoms with Crippen LogP contribution in [0, 0.1) is 6.92 Å². The lowest BCUT2D eigenvalue weighted by Gasteiger charge is -2.19. The zero-order valence-electron chi connectivity index (χ0n) is 13.6. The largest absolute Gasteiger partial charge is 0.366 e. The van der Waals surface area contributed by atoms with Crippen LogP contribution < -0.4 is 11.1 Å². The topological polar surface area (TPSA) is 72.2 Å². The van der Waals surface area contributed by atoms with E-state index in [4.69, 9.17) is 5.73 Å². The van der Waals surface area contributed by atoms with Crippen LogP contribution in [0.3, 0.4) is 0 Å². The Labute approximate surface area is 132 Å². The lowest BCUT2D eigenvalue weighted by molar-refractivity contribution is 0.0972. The lowest BCUT2D eigenvalue weighted by atomic mass is 9.84. The van der Waals surface area contributed by atoms with Gasteiger partial charge in [-0.25, -0.2) is 0 Å². The van der Waals surface area contributed by atoms with Gasteiger partial charge in [0.15, 0.2) is 5.78 Å². The highest BCUT2D eigenvalue weighted by molar-refractivity contribution is 6.01. The molecular formula is C18H26N2O2. The number of amides is 1. The number of carbonyl (C=O) groups excluding carboxylic acids is 2. The van der Waals surface area contributed by atoms with Gasteiger partial charge in [0.25, 0.3) is 0 Å². The summed E-state index contributed by atoms with van der Waals surface area (Å²) in [5, 5.41) is 3.34. The van der Waals surface area contributed by atoms with Gasteiger partial charge in [-0.15, -0.1) is 0 Å². The van der Waals surface area contributed by atoms with Crippen molar-refractivity contribution < 1.29 is 9.59 Å². The maximum Gasteiger partial charge on any atom is 0.248 e. The van der Waals surface area contributed by atoms with Crippen molar-refractivity contribution in [3.8, 4) is 0 Å². The molecule has 0 bridgehead atoms. The van der Waals surface area contributed by atoms with Gasteiger partial charge < -0.3 is 11.1 Å². The Balaban J connectivity index is 2.37. The number of rotatable bonds is 7. The first-order valence-electron chi connectivity index (χ1n) is 8.23. The summed E-state index contributed by atoms with van der Waals surface area (Å²) in [5.74, 6) is 0.0635. The summed E-state index contributed by atoms with van der Waals surface area (Å²) in [4.78, 5) is 24.2. The average molecular weight is 302 g/mol. The summed E-state index contributed by atoms with van der Waals surface area (Å²) in [6.45, 7) is 5.86. The summed E-state index contributed by atoms with van der Waals surface area (Å²) < 4.78 is 0. The van der Waals surface area contributed by atoms with Gasteiger partial charge in [-0.1, -0.05) is 25.8 Å². The molecule has 0 spiro atoms. The minimum Gasteiger partial charge on any atom is -0.366 e. The van der Waals surface area contributed by atoms with Gasteiger partial charge in [0.2, 0.25) is 5.91 Å². The minimum atomic E-state index is -0.422. The predicted octanol–water partition coefficient (Wildman–Crippen LogP) is 2.93. The summed E-state index contributed by atoms with van der Waals surface area (Å²) >= 11 is 0. The Morgan fingerprint density at radius 3 is 2.59 bits per heavy atom. The van der Waals surface area contributed by atoms with Crippen LogP contribution >= 0.6 is 0 Å². The van der Waals surface area contributed by atoms with Crippen LogP contribution in [0.4, 0.5) is 0 Å². The van der Waals surface area contributed by atoms with Crippen molar-refractivity contribution in [2.45, 2.75) is 51.9 Å². The SMILES string of the molecule is CCCCCC(=O)c1ccc(C(N)=O)c(C)c1C1CCNC1. The molecule has 120 valence electrons. The number of nitrogens with one attached hydrogen (secondary N) is 1. The molecule has 0 aliphatic carbocycles. The second-order valence-corrected chi connectivity index (χ2v) is 6.13. The Bertz CT molecular complexity index is 560. The number of unbranched alkanes of at least 4 members (excludes halogenated alkanes) is 2. The van der Waals surface area contributed by atoms with E-state index in [1.54, 1.807) is 12.1 Å². The maximum atomic E-state index is 12.6. The van der Waals surface area contributed by atoms with Gasteiger partial charge in [0.05, 0.1) is 0 Å². The molecule has 0 saturated carbocycles. The van der Waals surface area contributed by atoms with Crippen LogP contribution in [0.15, 0.2) is 12.1 Å². The highest BCUT2D eigenvalue weighted by Crippen LogP contribution is 2.31. The number of hydrogen-bond donors (Lipinski definition) is 2. The summed E-state index contributed by atoms with van der Waals surface area (Å²) in [6, 6.07) is 3.51. The number of nitrogens with two attached hydrogens (primary N) is 1. The average Bonchev–Trinajstić information content (AvgIpc) is 3.00. The molecule has 0 radical (unpaired) electrons. The molecule has 1 unspecified atom stereocenters. The Hall–Kier alpha value is -1.68. The molecule has 1 fully saturated rings. The zero-order valence-corrected chi connectivity index (χ0v) is 13.6. The number of ketones is 1. The molecular weight excluding hydrogens is 276 g/mol. The third kappa shape index (κ3) is 3.55. The van der Waals surface area contributed by atoms with Crippen molar-refractivity contribution in [3.05, 3.63) is 34.4 Å². The molecule has 0 aromatic heterocycles. The van der Waals surface area contributed by atoms with Crippen LogP contribution in [-0.4, -0.2) is 24.8 Å². The van der Waals surface area contributed by atoms with E-state index in [1.165, 1.54) is 0 Å². The van der Waals surface area contributed by atoms with Gasteiger partial charge >= 0.3 is 0 Å². The Kier molecular flexibility index (Phi) is 5.72. The number of benzene rings is 1. The third-order valence-electron chi connectivity index (χ3n) is 4.56. The molecule has 1 saturated heterocycles. The molecule has 1 aromatic carbocycles. The Morgan fingerprint density at radius 1 is 1.27 bits per heavy atom. The first kappa shape index (κ1) is 16.7. The summed E-state index contributed by atoms with van der Waals surface area (Å²) in [7, 11) is 0. The lowest BCUT2D eigenvalue weighted by Crippen LogP contribution is -2.18. The normalized spacial score (nSPS) is 17.6. The quantitative estimate of drug-likeness (QED) is 0.601. The molecule has 1 heterocycles. The smallest absolute Gasteiger partial charge is 0.248 e. The number of carbonyl (C=O) groups is 2. The molecule has 1 aromatic rings. The van der Waals surface area contributed by atoms with E-state index in [1.807, 2.05) is 6.92 Å². The van der Waals surface area contributed by atoms with E-state index in [0.717, 1.165) is 55.5 Å². The monoisotopic (exact) mass is 302 g/mol. The van der Waals surface area contributed by atoms with Crippen molar-refractivity contribution >= 4 is 11.7 Å². The van der Waals surface area contributed by atoms with Gasteiger partial charge in [0.1, 0.15) is 0 Å². The molecule has 3 N–H and O–H groups in total. The van der Waals surface area contributed by atoms with E-state index in [9.17, 15) is 9.59 Å². The first-order chi connectivity index (χ1) is 10.6. The number of Topliss-reactive ketones (excluding diaryl/α,β-unsaturated/α-hetero) is 1. The molecule has 4 heteroatoms. The highest BCUT2D eigenvalue weighted by atomic mass is 16.1. The second kappa shape index (κ2) is 7.54. The van der Waals surface area contributed by atoms with Crippen molar-refractivity contribution in [1.82, 2.24) is 5.32 Å². The molecule has 4 nitrogen and oxygen atoms in total. The first-order valence-corrected chi connectivity index (χ1v) is 8.23. The highest BCUT2D eigenvalue weighted by Gasteiger charge is 2.26. The van der Waals surface area contributed by atoms with Crippen molar-refractivity contribution in [3.63, 3.8) is 0 Å². The fourth-order valence-corrected chi connectivity index (χ4v) is 3.34. The standard InChI is InChI=1S/C18H26N2O2/c1-3-4-5-6-16(21)15-8-7-14(18(19)22)12(2)17(15)13-9-10-20-11-13/h7-8,13,20H,3-6,9-11H2,1-2H3,(H2,19,22). The van der Waals surface area contributed by atoms with Crippen molar-refractivity contribution in [1.29, 1.82) is 0 Å². The van der Waals surface area contributed by atoms with Gasteiger partial charge in [0, 0.05) is 24.1 Å². The number of hydrogen-bond acceptors (Lipinski definition) is 3. The summed E-state index contributed by atoms with van der Waals surface area (Å²) in [5.41, 5.74) is 8.69. The van der Waals surface area contributed by atoms with E-state index in [2.05, 4.69) is 12.2 Å². The summed E-state index contributed by atoms with van der Waals surface area (Å²) in [6.07, 6.45) is 4.68. The maximum absolute atomic E-state index is 12.6.